The van der Waals surface area contributed by atoms with E-state index in [0.29, 0.717) is 16.3 Å². The zero-order valence-corrected chi connectivity index (χ0v) is 14.6. The Morgan fingerprint density at radius 3 is 2.85 bits per heavy atom. The van der Waals surface area contributed by atoms with Crippen LogP contribution in [0.4, 0.5) is 11.5 Å². The maximum absolute atomic E-state index is 12.3. The molecule has 1 atom stereocenters. The predicted octanol–water partition coefficient (Wildman–Crippen LogP) is 2.03. The molecule has 138 valence electrons. The largest absolute Gasteiger partial charge is 0.382 e. The lowest BCUT2D eigenvalue weighted by atomic mass is 10.1. The summed E-state index contributed by atoms with van der Waals surface area (Å²) < 4.78 is 1.39. The number of carbonyl (C=O) groups is 1. The Morgan fingerprint density at radius 2 is 2.15 bits per heavy atom. The third-order valence-corrected chi connectivity index (χ3v) is 3.91. The van der Waals surface area contributed by atoms with Crippen molar-refractivity contribution in [2.75, 3.05) is 17.6 Å². The minimum absolute atomic E-state index is 0.00690. The van der Waals surface area contributed by atoms with E-state index in [1.807, 2.05) is 0 Å². The Hall–Kier alpha value is -3.53. The van der Waals surface area contributed by atoms with Gasteiger partial charge in [-0.3, -0.25) is 19.6 Å². The molecule has 3 rings (SSSR count). The normalized spacial score (nSPS) is 11.7. The average molecular weight is 388 g/mol. The zero-order chi connectivity index (χ0) is 19.4. The van der Waals surface area contributed by atoms with Crippen molar-refractivity contribution in [1.29, 1.82) is 0 Å². The van der Waals surface area contributed by atoms with Crippen molar-refractivity contribution in [1.82, 2.24) is 19.7 Å². The van der Waals surface area contributed by atoms with Gasteiger partial charge in [0.15, 0.2) is 11.5 Å². The maximum atomic E-state index is 12.3. The fourth-order valence-corrected chi connectivity index (χ4v) is 2.68. The molecule has 0 bridgehead atoms. The molecule has 10 nitrogen and oxygen atoms in total. The van der Waals surface area contributed by atoms with Gasteiger partial charge in [-0.15, -0.1) is 0 Å². The van der Waals surface area contributed by atoms with E-state index < -0.39 is 23.4 Å². The Kier molecular flexibility index (Phi) is 5.27. The quantitative estimate of drug-likeness (QED) is 0.486. The number of amides is 1. The Balaban J connectivity index is 1.84. The van der Waals surface area contributed by atoms with Gasteiger partial charge in [0.25, 0.3) is 5.91 Å². The third-order valence-electron chi connectivity index (χ3n) is 3.68. The average Bonchev–Trinajstić information content (AvgIpc) is 3.08. The van der Waals surface area contributed by atoms with Crippen molar-refractivity contribution < 1.29 is 9.72 Å². The summed E-state index contributed by atoms with van der Waals surface area (Å²) in [5, 5.41) is 18.3. The first-order valence-corrected chi connectivity index (χ1v) is 8.11. The summed E-state index contributed by atoms with van der Waals surface area (Å²) in [5.41, 5.74) is 6.56. The number of rotatable bonds is 6. The van der Waals surface area contributed by atoms with Crippen molar-refractivity contribution in [2.24, 2.45) is 0 Å². The highest BCUT2D eigenvalue weighted by Crippen LogP contribution is 2.23. The number of hydrogen-bond donors (Lipinski definition) is 2. The summed E-state index contributed by atoms with van der Waals surface area (Å²) in [6.07, 6.45) is 5.58. The second-order valence-corrected chi connectivity index (χ2v) is 5.98. The summed E-state index contributed by atoms with van der Waals surface area (Å²) in [5.74, 6) is -0.568. The molecule has 0 saturated carbocycles. The van der Waals surface area contributed by atoms with Crippen molar-refractivity contribution in [3.63, 3.8) is 0 Å². The number of nitrogens with two attached hydrogens (primary N) is 1. The SMILES string of the molecule is Nc1nccnc1C(=O)Nc1cnn(C(C[N+](=O)[O-])c2cccc(Cl)c2)c1. The standard InChI is InChI=1S/C16H14ClN7O3/c17-11-3-1-2-10(6-11)13(9-24(26)27)23-8-12(7-21-23)22-16(25)14-15(18)20-5-4-19-14/h1-8,13H,9H2,(H2,18,20)(H,22,25). The Bertz CT molecular complexity index is 991. The summed E-state index contributed by atoms with van der Waals surface area (Å²) in [6, 6.07) is 6.05. The molecule has 0 radical (unpaired) electrons. The minimum Gasteiger partial charge on any atom is -0.382 e. The smallest absolute Gasteiger partial charge is 0.278 e. The molecular weight excluding hydrogens is 374 g/mol. The first kappa shape index (κ1) is 18.3. The molecule has 3 aromatic rings. The number of halogens is 1. The van der Waals surface area contributed by atoms with Gasteiger partial charge in [0.05, 0.1) is 11.9 Å². The van der Waals surface area contributed by atoms with E-state index in [1.165, 1.54) is 29.5 Å². The van der Waals surface area contributed by atoms with E-state index in [9.17, 15) is 14.9 Å². The van der Waals surface area contributed by atoms with Gasteiger partial charge in [-0.25, -0.2) is 9.97 Å². The molecule has 1 aromatic carbocycles. The summed E-state index contributed by atoms with van der Waals surface area (Å²) in [7, 11) is 0. The molecule has 0 aliphatic heterocycles. The van der Waals surface area contributed by atoms with Crippen molar-refractivity contribution in [2.45, 2.75) is 6.04 Å². The third kappa shape index (κ3) is 4.36. The van der Waals surface area contributed by atoms with Crippen LogP contribution in [0.25, 0.3) is 0 Å². The van der Waals surface area contributed by atoms with E-state index in [1.54, 1.807) is 24.3 Å². The molecule has 3 N–H and O–H groups in total. The van der Waals surface area contributed by atoms with Crippen molar-refractivity contribution >= 4 is 29.0 Å². The second kappa shape index (κ2) is 7.79. The molecule has 0 fully saturated rings. The van der Waals surface area contributed by atoms with Crippen LogP contribution in [0.1, 0.15) is 22.1 Å². The second-order valence-electron chi connectivity index (χ2n) is 5.54. The fraction of sp³-hybridized carbons (Fsp3) is 0.125. The van der Waals surface area contributed by atoms with Crippen LogP contribution < -0.4 is 11.1 Å². The van der Waals surface area contributed by atoms with Crippen molar-refractivity contribution in [3.8, 4) is 0 Å². The van der Waals surface area contributed by atoms with Gasteiger partial charge in [-0.05, 0) is 17.7 Å². The number of nitrogens with zero attached hydrogens (tertiary/aromatic N) is 5. The Labute approximate surface area is 158 Å². The molecule has 2 heterocycles. The van der Waals surface area contributed by atoms with Gasteiger partial charge in [-0.1, -0.05) is 23.7 Å². The molecule has 1 unspecified atom stereocenters. The van der Waals surface area contributed by atoms with E-state index in [-0.39, 0.29) is 11.5 Å². The fourth-order valence-electron chi connectivity index (χ4n) is 2.48. The molecule has 27 heavy (non-hydrogen) atoms. The maximum Gasteiger partial charge on any atom is 0.278 e. The number of carbonyl (C=O) groups excluding carboxylic acids is 1. The van der Waals surface area contributed by atoms with Gasteiger partial charge in [0, 0.05) is 28.5 Å². The number of nitro groups is 1. The Morgan fingerprint density at radius 1 is 1.37 bits per heavy atom. The molecule has 0 spiro atoms. The van der Waals surface area contributed by atoms with Gasteiger partial charge in [-0.2, -0.15) is 5.10 Å². The monoisotopic (exact) mass is 387 g/mol. The summed E-state index contributed by atoms with van der Waals surface area (Å²) in [6.45, 7) is -0.396. The van der Waals surface area contributed by atoms with Crippen LogP contribution in [0, 0.1) is 10.1 Å². The number of hydrogen-bond acceptors (Lipinski definition) is 7. The van der Waals surface area contributed by atoms with Crippen LogP contribution in [0.5, 0.6) is 0 Å². The number of nitrogens with one attached hydrogen (secondary N) is 1. The molecule has 0 saturated heterocycles. The molecule has 2 aromatic heterocycles. The van der Waals surface area contributed by atoms with Gasteiger partial charge < -0.3 is 11.1 Å². The molecular formula is C16H14ClN7O3. The lowest BCUT2D eigenvalue weighted by Crippen LogP contribution is -2.21. The van der Waals surface area contributed by atoms with Crippen LogP contribution in [-0.2, 0) is 0 Å². The highest BCUT2D eigenvalue weighted by molar-refractivity contribution is 6.30. The van der Waals surface area contributed by atoms with Crippen LogP contribution >= 0.6 is 11.6 Å². The summed E-state index contributed by atoms with van der Waals surface area (Å²) in [4.78, 5) is 30.6. The lowest BCUT2D eigenvalue weighted by Gasteiger charge is -2.14. The van der Waals surface area contributed by atoms with Gasteiger partial charge in [0.1, 0.15) is 6.04 Å². The van der Waals surface area contributed by atoms with E-state index in [2.05, 4.69) is 20.4 Å². The predicted molar refractivity (Wildman–Crippen MR) is 98.1 cm³/mol. The van der Waals surface area contributed by atoms with Crippen LogP contribution in [-0.4, -0.2) is 37.1 Å². The van der Waals surface area contributed by atoms with Crippen LogP contribution in [0.2, 0.25) is 5.02 Å². The number of aromatic nitrogens is 4. The number of nitrogen functional groups attached to an aromatic ring is 1. The summed E-state index contributed by atoms with van der Waals surface area (Å²) >= 11 is 5.99. The van der Waals surface area contributed by atoms with E-state index in [4.69, 9.17) is 17.3 Å². The number of benzene rings is 1. The van der Waals surface area contributed by atoms with Gasteiger partial charge >= 0.3 is 0 Å². The van der Waals surface area contributed by atoms with E-state index in [0.717, 1.165) is 0 Å². The molecule has 0 aliphatic rings. The van der Waals surface area contributed by atoms with Crippen LogP contribution in [0.3, 0.4) is 0 Å². The topological polar surface area (TPSA) is 142 Å². The number of anilines is 2. The highest BCUT2D eigenvalue weighted by Gasteiger charge is 2.22. The van der Waals surface area contributed by atoms with Gasteiger partial charge in [0.2, 0.25) is 6.54 Å². The molecule has 11 heteroatoms. The molecule has 0 aliphatic carbocycles. The highest BCUT2D eigenvalue weighted by atomic mass is 35.5. The zero-order valence-electron chi connectivity index (χ0n) is 13.8. The molecule has 1 amide bonds. The van der Waals surface area contributed by atoms with Crippen molar-refractivity contribution in [3.05, 3.63) is 75.4 Å². The first-order valence-electron chi connectivity index (χ1n) is 7.73. The van der Waals surface area contributed by atoms with Crippen LogP contribution in [0.15, 0.2) is 49.1 Å². The van der Waals surface area contributed by atoms with E-state index >= 15 is 0 Å². The lowest BCUT2D eigenvalue weighted by molar-refractivity contribution is -0.484. The first-order chi connectivity index (χ1) is 12.9. The minimum atomic E-state index is -0.689.